The third kappa shape index (κ3) is 8.75. The van der Waals surface area contributed by atoms with Crippen molar-refractivity contribution in [3.05, 3.63) is 0 Å². The van der Waals surface area contributed by atoms with Gasteiger partial charge in [0.05, 0.1) is 12.2 Å². The average Bonchev–Trinajstić information content (AvgIpc) is 2.00. The number of ether oxygens (including phenoxy) is 2. The van der Waals surface area contributed by atoms with Gasteiger partial charge in [0, 0.05) is 6.42 Å². The van der Waals surface area contributed by atoms with Crippen LogP contribution in [0.4, 0.5) is 4.79 Å². The summed E-state index contributed by atoms with van der Waals surface area (Å²) in [7, 11) is 0. The van der Waals surface area contributed by atoms with E-state index < -0.39 is 5.60 Å². The number of carbonyl (C=O) groups excluding carboxylic acids is 1. The monoisotopic (exact) mass is 234 g/mol. The minimum absolute atomic E-state index is 0.139. The van der Waals surface area contributed by atoms with Crippen LogP contribution in [0.1, 0.15) is 41.0 Å². The molecule has 15 heavy (non-hydrogen) atoms. The second-order valence-corrected chi connectivity index (χ2v) is 5.77. The van der Waals surface area contributed by atoms with E-state index in [2.05, 4.69) is 0 Å². The van der Waals surface area contributed by atoms with Crippen molar-refractivity contribution in [2.24, 2.45) is 0 Å². The lowest BCUT2D eigenvalue weighted by Crippen LogP contribution is -2.30. The molecular weight excluding hydrogens is 212 g/mol. The maximum absolute atomic E-state index is 11.1. The van der Waals surface area contributed by atoms with Gasteiger partial charge in [-0.2, -0.15) is 0 Å². The molecule has 4 heteroatoms. The van der Waals surface area contributed by atoms with E-state index in [0.717, 1.165) is 11.8 Å². The molecule has 0 amide bonds. The molecule has 0 aromatic carbocycles. The highest BCUT2D eigenvalue weighted by molar-refractivity contribution is 8.12. The van der Waals surface area contributed by atoms with Crippen LogP contribution in [-0.2, 0) is 9.47 Å². The summed E-state index contributed by atoms with van der Waals surface area (Å²) in [5.74, 6) is 0. The van der Waals surface area contributed by atoms with Crippen LogP contribution in [-0.4, -0.2) is 29.4 Å². The van der Waals surface area contributed by atoms with Gasteiger partial charge in [0.2, 0.25) is 0 Å². The molecule has 0 radical (unpaired) electrons. The van der Waals surface area contributed by atoms with Crippen molar-refractivity contribution in [3.63, 3.8) is 0 Å². The fourth-order valence-electron chi connectivity index (χ4n) is 0.921. The molecule has 0 fully saturated rings. The Labute approximate surface area is 96.9 Å². The SMILES string of the molecule is CSC(=O)OC(C)(C)CCOC(C)(C)C. The van der Waals surface area contributed by atoms with Gasteiger partial charge in [0.15, 0.2) is 0 Å². The van der Waals surface area contributed by atoms with Crippen LogP contribution in [0.25, 0.3) is 0 Å². The molecule has 0 aliphatic heterocycles. The lowest BCUT2D eigenvalue weighted by Gasteiger charge is -2.27. The van der Waals surface area contributed by atoms with Gasteiger partial charge in [-0.05, 0) is 52.6 Å². The molecule has 0 bridgehead atoms. The van der Waals surface area contributed by atoms with Crippen molar-refractivity contribution in [2.75, 3.05) is 12.9 Å². The van der Waals surface area contributed by atoms with Crippen molar-refractivity contribution in [1.29, 1.82) is 0 Å². The summed E-state index contributed by atoms with van der Waals surface area (Å²) in [6, 6.07) is 0. The summed E-state index contributed by atoms with van der Waals surface area (Å²) < 4.78 is 10.8. The number of hydrogen-bond acceptors (Lipinski definition) is 4. The standard InChI is InChI=1S/C11H22O3S/c1-10(2,3)13-8-7-11(4,5)14-9(12)15-6/h7-8H2,1-6H3. The third-order valence-corrected chi connectivity index (χ3v) is 2.18. The van der Waals surface area contributed by atoms with E-state index in [1.165, 1.54) is 0 Å². The second kappa shape index (κ2) is 5.75. The van der Waals surface area contributed by atoms with E-state index >= 15 is 0 Å². The topological polar surface area (TPSA) is 35.5 Å². The average molecular weight is 234 g/mol. The van der Waals surface area contributed by atoms with Crippen molar-refractivity contribution in [2.45, 2.75) is 52.2 Å². The zero-order chi connectivity index (χ0) is 12.1. The van der Waals surface area contributed by atoms with Gasteiger partial charge in [-0.1, -0.05) is 0 Å². The van der Waals surface area contributed by atoms with Crippen molar-refractivity contribution < 1.29 is 14.3 Å². The zero-order valence-corrected chi connectivity index (χ0v) is 11.4. The van der Waals surface area contributed by atoms with Crippen LogP contribution in [0, 0.1) is 0 Å². The van der Waals surface area contributed by atoms with E-state index in [1.807, 2.05) is 34.6 Å². The molecule has 0 spiro atoms. The minimum atomic E-state index is -0.453. The summed E-state index contributed by atoms with van der Waals surface area (Å²) in [5, 5.41) is -0.240. The Kier molecular flexibility index (Phi) is 5.67. The predicted molar refractivity (Wildman–Crippen MR) is 64.4 cm³/mol. The predicted octanol–water partition coefficient (Wildman–Crippen LogP) is 3.47. The normalized spacial score (nSPS) is 12.7. The third-order valence-electron chi connectivity index (χ3n) is 1.77. The summed E-state index contributed by atoms with van der Waals surface area (Å²) >= 11 is 1.09. The fourth-order valence-corrected chi connectivity index (χ4v) is 1.23. The van der Waals surface area contributed by atoms with Gasteiger partial charge < -0.3 is 9.47 Å². The van der Waals surface area contributed by atoms with Gasteiger partial charge in [-0.25, -0.2) is 4.79 Å². The Bertz CT molecular complexity index is 206. The van der Waals surface area contributed by atoms with Crippen LogP contribution in [0.3, 0.4) is 0 Å². The molecule has 3 nitrogen and oxygen atoms in total. The highest BCUT2D eigenvalue weighted by Crippen LogP contribution is 2.19. The molecule has 90 valence electrons. The summed E-state index contributed by atoms with van der Waals surface area (Å²) in [5.41, 5.74) is -0.592. The Morgan fingerprint density at radius 1 is 1.20 bits per heavy atom. The molecule has 0 aromatic rings. The number of carbonyl (C=O) groups is 1. The van der Waals surface area contributed by atoms with Crippen LogP contribution in [0.5, 0.6) is 0 Å². The van der Waals surface area contributed by atoms with Gasteiger partial charge >= 0.3 is 5.30 Å². The lowest BCUT2D eigenvalue weighted by molar-refractivity contribution is -0.0361. The molecule has 0 aromatic heterocycles. The molecule has 0 heterocycles. The van der Waals surface area contributed by atoms with E-state index in [4.69, 9.17) is 9.47 Å². The van der Waals surface area contributed by atoms with Crippen LogP contribution in [0.15, 0.2) is 0 Å². The van der Waals surface area contributed by atoms with Crippen LogP contribution < -0.4 is 0 Å². The molecule has 0 saturated carbocycles. The van der Waals surface area contributed by atoms with E-state index in [9.17, 15) is 4.79 Å². The van der Waals surface area contributed by atoms with E-state index in [1.54, 1.807) is 6.26 Å². The van der Waals surface area contributed by atoms with Crippen LogP contribution in [0.2, 0.25) is 0 Å². The Hall–Kier alpha value is -0.220. The first-order chi connectivity index (χ1) is 6.66. The van der Waals surface area contributed by atoms with Gasteiger partial charge in [0.25, 0.3) is 0 Å². The number of hydrogen-bond donors (Lipinski definition) is 0. The van der Waals surface area contributed by atoms with Crippen molar-refractivity contribution in [3.8, 4) is 0 Å². The highest BCUT2D eigenvalue weighted by Gasteiger charge is 2.23. The second-order valence-electron chi connectivity index (χ2n) is 5.03. The maximum Gasteiger partial charge on any atom is 0.367 e. The minimum Gasteiger partial charge on any atom is -0.451 e. The summed E-state index contributed by atoms with van der Waals surface area (Å²) in [6.07, 6.45) is 2.42. The van der Waals surface area contributed by atoms with Crippen LogP contribution >= 0.6 is 11.8 Å². The summed E-state index contributed by atoms with van der Waals surface area (Å²) in [6.45, 7) is 10.4. The molecule has 0 saturated heterocycles. The van der Waals surface area contributed by atoms with E-state index in [0.29, 0.717) is 13.0 Å². The molecule has 0 rings (SSSR count). The summed E-state index contributed by atoms with van der Waals surface area (Å²) in [4.78, 5) is 11.1. The largest absolute Gasteiger partial charge is 0.451 e. The van der Waals surface area contributed by atoms with Crippen molar-refractivity contribution >= 4 is 17.1 Å². The molecule has 0 aliphatic rings. The number of rotatable bonds is 4. The molecule has 0 atom stereocenters. The first-order valence-corrected chi connectivity index (χ1v) is 6.30. The molecule has 0 aliphatic carbocycles. The molecular formula is C11H22O3S. The maximum atomic E-state index is 11.1. The van der Waals surface area contributed by atoms with Gasteiger partial charge in [-0.15, -0.1) is 0 Å². The quantitative estimate of drug-likeness (QED) is 0.698. The zero-order valence-electron chi connectivity index (χ0n) is 10.5. The first kappa shape index (κ1) is 14.8. The Morgan fingerprint density at radius 3 is 2.13 bits per heavy atom. The van der Waals surface area contributed by atoms with E-state index in [-0.39, 0.29) is 10.9 Å². The Balaban J connectivity index is 3.89. The first-order valence-electron chi connectivity index (χ1n) is 5.07. The molecule has 0 N–H and O–H groups in total. The molecule has 0 unspecified atom stereocenters. The highest BCUT2D eigenvalue weighted by atomic mass is 32.2. The Morgan fingerprint density at radius 2 is 1.73 bits per heavy atom. The van der Waals surface area contributed by atoms with Gasteiger partial charge in [-0.3, -0.25) is 0 Å². The smallest absolute Gasteiger partial charge is 0.367 e. The van der Waals surface area contributed by atoms with Crippen molar-refractivity contribution in [1.82, 2.24) is 0 Å². The number of thioether (sulfide) groups is 1. The van der Waals surface area contributed by atoms with Gasteiger partial charge in [0.1, 0.15) is 5.60 Å². The lowest BCUT2D eigenvalue weighted by atomic mass is 10.1. The fraction of sp³-hybridized carbons (Fsp3) is 0.909.